The molecule has 2 heterocycles. The maximum atomic E-state index is 14.3. The summed E-state index contributed by atoms with van der Waals surface area (Å²) in [6.45, 7) is 3.77. The summed E-state index contributed by atoms with van der Waals surface area (Å²) >= 11 is 0. The van der Waals surface area contributed by atoms with Crippen LogP contribution >= 0.6 is 0 Å². The van der Waals surface area contributed by atoms with Crippen molar-refractivity contribution >= 4 is 5.69 Å². The Kier molecular flexibility index (Phi) is 7.36. The van der Waals surface area contributed by atoms with Gasteiger partial charge < -0.3 is 19.1 Å². The van der Waals surface area contributed by atoms with Gasteiger partial charge >= 0.3 is 0 Å². The minimum absolute atomic E-state index is 0.206. The smallest absolute Gasteiger partial charge is 0.173 e. The van der Waals surface area contributed by atoms with Crippen LogP contribution in [0.1, 0.15) is 17.4 Å². The fourth-order valence-electron chi connectivity index (χ4n) is 4.22. The summed E-state index contributed by atoms with van der Waals surface area (Å²) in [5, 5.41) is 12.5. The quantitative estimate of drug-likeness (QED) is 0.486. The molecule has 0 amide bonds. The molecule has 33 heavy (non-hydrogen) atoms. The topological polar surface area (TPSA) is 77.8 Å². The summed E-state index contributed by atoms with van der Waals surface area (Å²) in [5.41, 5.74) is 1.56. The number of ether oxygens (including phenoxy) is 3. The Morgan fingerprint density at radius 3 is 2.48 bits per heavy atom. The number of para-hydroxylation sites is 1. The van der Waals surface area contributed by atoms with E-state index in [0.29, 0.717) is 62.3 Å². The average molecular weight is 457 g/mol. The lowest BCUT2D eigenvalue weighted by molar-refractivity contribution is 0.171. The number of methoxy groups -OCH3 is 3. The van der Waals surface area contributed by atoms with Gasteiger partial charge in [-0.1, -0.05) is 12.1 Å². The van der Waals surface area contributed by atoms with Gasteiger partial charge in [-0.2, -0.15) is 0 Å². The van der Waals surface area contributed by atoms with E-state index in [1.165, 1.54) is 6.07 Å². The van der Waals surface area contributed by atoms with Crippen LogP contribution in [0.4, 0.5) is 10.1 Å². The first-order valence-corrected chi connectivity index (χ1v) is 10.9. The van der Waals surface area contributed by atoms with Gasteiger partial charge in [0.2, 0.25) is 0 Å². The summed E-state index contributed by atoms with van der Waals surface area (Å²) in [5.74, 6) is 1.90. The largest absolute Gasteiger partial charge is 0.497 e. The Hall–Kier alpha value is -3.24. The second-order valence-corrected chi connectivity index (χ2v) is 7.74. The van der Waals surface area contributed by atoms with E-state index in [-0.39, 0.29) is 11.9 Å². The van der Waals surface area contributed by atoms with Gasteiger partial charge in [-0.15, -0.1) is 5.10 Å². The summed E-state index contributed by atoms with van der Waals surface area (Å²) in [7, 11) is 4.91. The minimum atomic E-state index is -0.250. The number of halogens is 1. The number of hydrogen-bond donors (Lipinski definition) is 0. The van der Waals surface area contributed by atoms with E-state index in [4.69, 9.17) is 14.2 Å². The molecule has 0 spiro atoms. The van der Waals surface area contributed by atoms with Crippen molar-refractivity contribution in [3.05, 3.63) is 59.7 Å². The van der Waals surface area contributed by atoms with Crippen LogP contribution in [0, 0.1) is 5.82 Å². The normalized spacial score (nSPS) is 15.5. The molecule has 2 aromatic carbocycles. The van der Waals surface area contributed by atoms with E-state index in [1.807, 2.05) is 30.3 Å². The first-order valence-electron chi connectivity index (χ1n) is 10.9. The number of rotatable bonds is 9. The third kappa shape index (κ3) is 4.91. The molecule has 0 bridgehead atoms. The highest BCUT2D eigenvalue weighted by Gasteiger charge is 2.33. The fourth-order valence-corrected chi connectivity index (χ4v) is 4.22. The van der Waals surface area contributed by atoms with Crippen LogP contribution in [0.25, 0.3) is 0 Å². The van der Waals surface area contributed by atoms with Crippen molar-refractivity contribution in [1.82, 2.24) is 25.1 Å². The summed E-state index contributed by atoms with van der Waals surface area (Å²) in [6.07, 6.45) is 0. The van der Waals surface area contributed by atoms with Crippen LogP contribution in [0.15, 0.2) is 42.5 Å². The Morgan fingerprint density at radius 1 is 1.00 bits per heavy atom. The Labute approximate surface area is 192 Å². The maximum Gasteiger partial charge on any atom is 0.173 e. The van der Waals surface area contributed by atoms with E-state index < -0.39 is 0 Å². The van der Waals surface area contributed by atoms with Gasteiger partial charge in [0.15, 0.2) is 5.82 Å². The third-order valence-corrected chi connectivity index (χ3v) is 5.92. The van der Waals surface area contributed by atoms with Crippen LogP contribution in [0.3, 0.4) is 0 Å². The molecule has 9 nitrogen and oxygen atoms in total. The Bertz CT molecular complexity index is 1050. The number of anilines is 1. The molecule has 10 heteroatoms. The number of tetrazole rings is 1. The number of nitrogens with zero attached hydrogens (tertiary/aromatic N) is 6. The molecule has 1 aliphatic heterocycles. The van der Waals surface area contributed by atoms with Crippen molar-refractivity contribution in [2.75, 3.05) is 59.0 Å². The van der Waals surface area contributed by atoms with Gasteiger partial charge in [-0.3, -0.25) is 4.90 Å². The molecule has 0 aliphatic carbocycles. The molecule has 3 aromatic rings. The van der Waals surface area contributed by atoms with Gasteiger partial charge in [0, 0.05) is 44.9 Å². The molecule has 1 fully saturated rings. The van der Waals surface area contributed by atoms with E-state index >= 15 is 0 Å². The average Bonchev–Trinajstić information content (AvgIpc) is 3.32. The first-order chi connectivity index (χ1) is 16.2. The molecule has 0 saturated carbocycles. The number of hydrogen-bond acceptors (Lipinski definition) is 8. The highest BCUT2D eigenvalue weighted by Crippen LogP contribution is 2.37. The zero-order valence-corrected chi connectivity index (χ0v) is 19.1. The predicted molar refractivity (Wildman–Crippen MR) is 121 cm³/mol. The van der Waals surface area contributed by atoms with E-state index in [0.717, 1.165) is 5.56 Å². The molecule has 0 radical (unpaired) electrons. The van der Waals surface area contributed by atoms with Crippen LogP contribution in [0.5, 0.6) is 11.5 Å². The second kappa shape index (κ2) is 10.6. The monoisotopic (exact) mass is 456 g/mol. The number of benzene rings is 2. The molecule has 1 aromatic heterocycles. The maximum absolute atomic E-state index is 14.3. The van der Waals surface area contributed by atoms with Crippen LogP contribution in [0.2, 0.25) is 0 Å². The van der Waals surface area contributed by atoms with Crippen molar-refractivity contribution < 1.29 is 18.6 Å². The Morgan fingerprint density at radius 2 is 1.79 bits per heavy atom. The second-order valence-electron chi connectivity index (χ2n) is 7.74. The van der Waals surface area contributed by atoms with Crippen molar-refractivity contribution in [2.24, 2.45) is 0 Å². The molecular formula is C23H29FN6O3. The lowest BCUT2D eigenvalue weighted by atomic mass is 10.0. The van der Waals surface area contributed by atoms with Gasteiger partial charge in [0.1, 0.15) is 23.4 Å². The van der Waals surface area contributed by atoms with Gasteiger partial charge in [0.05, 0.1) is 33.1 Å². The zero-order chi connectivity index (χ0) is 23.2. The van der Waals surface area contributed by atoms with Gasteiger partial charge in [-0.05, 0) is 34.7 Å². The lowest BCUT2D eigenvalue weighted by Crippen LogP contribution is -2.48. The van der Waals surface area contributed by atoms with E-state index in [2.05, 4.69) is 25.3 Å². The third-order valence-electron chi connectivity index (χ3n) is 5.92. The first kappa shape index (κ1) is 22.9. The van der Waals surface area contributed by atoms with Gasteiger partial charge in [0.25, 0.3) is 0 Å². The molecule has 176 valence electrons. The van der Waals surface area contributed by atoms with E-state index in [9.17, 15) is 4.39 Å². The minimum Gasteiger partial charge on any atom is -0.497 e. The van der Waals surface area contributed by atoms with Crippen molar-refractivity contribution in [1.29, 1.82) is 0 Å². The summed E-state index contributed by atoms with van der Waals surface area (Å²) in [6, 6.07) is 12.4. The molecule has 1 saturated heterocycles. The van der Waals surface area contributed by atoms with Crippen LogP contribution in [-0.4, -0.2) is 79.2 Å². The van der Waals surface area contributed by atoms with Gasteiger partial charge in [-0.25, -0.2) is 9.07 Å². The molecule has 1 aliphatic rings. The number of aromatic nitrogens is 4. The highest BCUT2D eigenvalue weighted by molar-refractivity contribution is 5.48. The summed E-state index contributed by atoms with van der Waals surface area (Å²) in [4.78, 5) is 4.37. The Balaban J connectivity index is 1.66. The SMILES string of the molecule is COCCn1nnnc1[C@H](c1ccc(OC)cc1OC)N1CCN(c2ccccc2F)CC1. The molecule has 0 N–H and O–H groups in total. The molecule has 0 unspecified atom stereocenters. The molecular weight excluding hydrogens is 427 g/mol. The van der Waals surface area contributed by atoms with Crippen LogP contribution < -0.4 is 14.4 Å². The predicted octanol–water partition coefficient (Wildman–Crippen LogP) is 2.39. The van der Waals surface area contributed by atoms with Crippen molar-refractivity contribution in [2.45, 2.75) is 12.6 Å². The standard InChI is InChI=1S/C23H29FN6O3/c1-31-15-14-30-23(25-26-27-30)22(18-9-8-17(32-2)16-21(18)33-3)29-12-10-28(11-13-29)20-7-5-4-6-19(20)24/h4-9,16,22H,10-15H2,1-3H3/t22-/m0/s1. The highest BCUT2D eigenvalue weighted by atomic mass is 19.1. The fraction of sp³-hybridized carbons (Fsp3) is 0.435. The zero-order valence-electron chi connectivity index (χ0n) is 19.1. The van der Waals surface area contributed by atoms with Crippen molar-refractivity contribution in [3.63, 3.8) is 0 Å². The summed E-state index contributed by atoms with van der Waals surface area (Å²) < 4.78 is 32.4. The van der Waals surface area contributed by atoms with Crippen molar-refractivity contribution in [3.8, 4) is 11.5 Å². The number of piperazine rings is 1. The van der Waals surface area contributed by atoms with E-state index in [1.54, 1.807) is 32.1 Å². The lowest BCUT2D eigenvalue weighted by Gasteiger charge is -2.40. The molecule has 1 atom stereocenters. The van der Waals surface area contributed by atoms with Crippen LogP contribution in [-0.2, 0) is 11.3 Å². The molecule has 4 rings (SSSR count).